The van der Waals surface area contributed by atoms with Crippen LogP contribution in [0.4, 0.5) is 0 Å². The summed E-state index contributed by atoms with van der Waals surface area (Å²) in [6.07, 6.45) is 7.08. The summed E-state index contributed by atoms with van der Waals surface area (Å²) in [7, 11) is 0. The molecule has 10 rings (SSSR count). The summed E-state index contributed by atoms with van der Waals surface area (Å²) in [4.78, 5) is 20.8. The van der Waals surface area contributed by atoms with Crippen LogP contribution in [-0.4, -0.2) is 98.8 Å². The van der Waals surface area contributed by atoms with Gasteiger partial charge in [-0.15, -0.1) is 0 Å². The molecule has 2 fully saturated rings. The fraction of sp³-hybridized carbons (Fsp3) is 0.246. The van der Waals surface area contributed by atoms with E-state index in [9.17, 15) is 20.4 Å². The number of nitrogens with zero attached hydrogens (tertiary/aromatic N) is 4. The Hall–Kier alpha value is -7.87. The standard InChI is InChI=1S/C57H54N4O9/c62-41-15-7-37(8-16-41)53-51(56(69-58-53)39-11-19-43(64)20-12-39)49-35-45(67-33-31-60-27-3-1-4-28-60)23-25-47(49)55(66)48-26-24-46(68-34-32-61-29-5-2-6-30-61)36-50(48)52-54(38-9-17-42(63)18-10-38)59-70-57(52)40-13-21-44(65)22-14-40/h7-26,35-36,62-65H,1-6,27-34H2. The Morgan fingerprint density at radius 1 is 0.457 bits per heavy atom. The molecule has 0 saturated carbocycles. The molecule has 0 bridgehead atoms. The first kappa shape index (κ1) is 45.9. The minimum Gasteiger partial charge on any atom is -0.508 e. The molecule has 2 aromatic heterocycles. The Bertz CT molecular complexity index is 2730. The molecule has 0 spiro atoms. The van der Waals surface area contributed by atoms with Crippen molar-refractivity contribution in [1.29, 1.82) is 0 Å². The van der Waals surface area contributed by atoms with Gasteiger partial charge in [-0.2, -0.15) is 0 Å². The number of rotatable bonds is 16. The molecule has 2 aliphatic rings. The van der Waals surface area contributed by atoms with Crippen molar-refractivity contribution in [2.75, 3.05) is 52.5 Å². The number of hydrogen-bond donors (Lipinski definition) is 4. The fourth-order valence-corrected chi connectivity index (χ4v) is 9.46. The molecule has 0 atom stereocenters. The number of likely N-dealkylation sites (tertiary alicyclic amines) is 2. The summed E-state index contributed by atoms with van der Waals surface area (Å²) in [5.74, 6) is 1.72. The molecule has 2 saturated heterocycles. The third-order valence-electron chi connectivity index (χ3n) is 13.2. The number of aromatic nitrogens is 2. The second-order valence-corrected chi connectivity index (χ2v) is 17.9. The number of phenols is 4. The summed E-state index contributed by atoms with van der Waals surface area (Å²) in [6, 6.07) is 37.2. The van der Waals surface area contributed by atoms with Crippen LogP contribution in [0.15, 0.2) is 143 Å². The SMILES string of the molecule is O=C(c1ccc(OCCN2CCCCC2)cc1-c1c(-c2ccc(O)cc2)noc1-c1ccc(O)cc1)c1ccc(OCCN2CCCCC2)cc1-c1c(-c2ccc(O)cc2)noc1-c1ccc(O)cc1. The highest BCUT2D eigenvalue weighted by atomic mass is 16.5. The predicted octanol–water partition coefficient (Wildman–Crippen LogP) is 11.4. The molecule has 0 radical (unpaired) electrons. The number of benzene rings is 6. The molecule has 4 N–H and O–H groups in total. The van der Waals surface area contributed by atoms with E-state index in [1.54, 1.807) is 109 Å². The van der Waals surface area contributed by atoms with Crippen molar-refractivity contribution in [1.82, 2.24) is 20.1 Å². The van der Waals surface area contributed by atoms with E-state index in [4.69, 9.17) is 18.5 Å². The Balaban J connectivity index is 1.15. The molecular weight excluding hydrogens is 885 g/mol. The van der Waals surface area contributed by atoms with Crippen LogP contribution in [-0.2, 0) is 0 Å². The predicted molar refractivity (Wildman–Crippen MR) is 267 cm³/mol. The maximum atomic E-state index is 16.0. The molecule has 8 aromatic rings. The average Bonchev–Trinajstić information content (AvgIpc) is 4.04. The van der Waals surface area contributed by atoms with Gasteiger partial charge in [-0.05, 0) is 185 Å². The summed E-state index contributed by atoms with van der Waals surface area (Å²) in [6.45, 7) is 6.46. The van der Waals surface area contributed by atoms with Gasteiger partial charge in [-0.3, -0.25) is 14.6 Å². The minimum absolute atomic E-state index is 0.0714. The molecular formula is C57H54N4O9. The van der Waals surface area contributed by atoms with E-state index < -0.39 is 0 Å². The second-order valence-electron chi connectivity index (χ2n) is 17.9. The number of ketones is 1. The second kappa shape index (κ2) is 20.8. The van der Waals surface area contributed by atoms with Crippen LogP contribution in [0, 0.1) is 0 Å². The van der Waals surface area contributed by atoms with Gasteiger partial charge in [0.15, 0.2) is 17.3 Å². The summed E-state index contributed by atoms with van der Waals surface area (Å²) >= 11 is 0. The number of aromatic hydroxyl groups is 4. The number of phenolic OH excluding ortho intramolecular Hbond substituents is 4. The summed E-state index contributed by atoms with van der Waals surface area (Å²) in [5, 5.41) is 50.5. The van der Waals surface area contributed by atoms with Crippen LogP contribution < -0.4 is 9.47 Å². The molecule has 4 heterocycles. The van der Waals surface area contributed by atoms with Gasteiger partial charge in [0.25, 0.3) is 0 Å². The lowest BCUT2D eigenvalue weighted by Gasteiger charge is -2.26. The van der Waals surface area contributed by atoms with Gasteiger partial charge in [-0.1, -0.05) is 23.2 Å². The van der Waals surface area contributed by atoms with Crippen molar-refractivity contribution in [3.8, 4) is 102 Å². The zero-order valence-corrected chi connectivity index (χ0v) is 38.7. The molecule has 6 aromatic carbocycles. The number of hydrogen-bond acceptors (Lipinski definition) is 13. The van der Waals surface area contributed by atoms with Gasteiger partial charge >= 0.3 is 0 Å². The zero-order valence-electron chi connectivity index (χ0n) is 38.7. The highest BCUT2D eigenvalue weighted by Crippen LogP contribution is 2.47. The van der Waals surface area contributed by atoms with E-state index in [0.717, 1.165) is 65.0 Å². The molecule has 356 valence electrons. The van der Waals surface area contributed by atoms with Crippen molar-refractivity contribution >= 4 is 5.78 Å². The van der Waals surface area contributed by atoms with Gasteiger partial charge in [0.05, 0.1) is 11.1 Å². The van der Waals surface area contributed by atoms with Crippen LogP contribution in [0.2, 0.25) is 0 Å². The van der Waals surface area contributed by atoms with E-state index in [0.29, 0.717) is 103 Å². The van der Waals surface area contributed by atoms with Gasteiger partial charge in [0.2, 0.25) is 0 Å². The third kappa shape index (κ3) is 10.1. The molecule has 0 unspecified atom stereocenters. The maximum absolute atomic E-state index is 16.0. The van der Waals surface area contributed by atoms with Gasteiger partial charge in [0.1, 0.15) is 59.1 Å². The number of piperidine rings is 2. The molecule has 13 heteroatoms. The van der Waals surface area contributed by atoms with E-state index in [1.165, 1.54) is 12.8 Å². The van der Waals surface area contributed by atoms with Crippen LogP contribution in [0.25, 0.3) is 67.4 Å². The maximum Gasteiger partial charge on any atom is 0.194 e. The van der Waals surface area contributed by atoms with E-state index >= 15 is 4.79 Å². The fourth-order valence-electron chi connectivity index (χ4n) is 9.46. The first-order valence-corrected chi connectivity index (χ1v) is 24.0. The van der Waals surface area contributed by atoms with Gasteiger partial charge in [-0.25, -0.2) is 0 Å². The minimum atomic E-state index is -0.353. The van der Waals surface area contributed by atoms with Crippen molar-refractivity contribution in [3.63, 3.8) is 0 Å². The molecule has 13 nitrogen and oxygen atoms in total. The summed E-state index contributed by atoms with van der Waals surface area (Å²) < 4.78 is 25.4. The lowest BCUT2D eigenvalue weighted by molar-refractivity contribution is 0.104. The topological polar surface area (TPSA) is 175 Å². The van der Waals surface area contributed by atoms with Crippen LogP contribution in [0.3, 0.4) is 0 Å². The zero-order chi connectivity index (χ0) is 48.0. The Morgan fingerprint density at radius 2 is 0.800 bits per heavy atom. The quantitative estimate of drug-likeness (QED) is 0.0674. The van der Waals surface area contributed by atoms with Crippen molar-refractivity contribution < 1.29 is 43.7 Å². The van der Waals surface area contributed by atoms with Gasteiger partial charge < -0.3 is 38.9 Å². The van der Waals surface area contributed by atoms with E-state index in [-0.39, 0.29) is 28.8 Å². The van der Waals surface area contributed by atoms with Crippen LogP contribution in [0.1, 0.15) is 54.4 Å². The lowest BCUT2D eigenvalue weighted by Crippen LogP contribution is -2.33. The number of carbonyl (C=O) groups is 1. The average molecular weight is 939 g/mol. The summed E-state index contributed by atoms with van der Waals surface area (Å²) in [5.41, 5.74) is 5.87. The molecule has 2 aliphatic heterocycles. The number of carbonyl (C=O) groups excluding carboxylic acids is 1. The van der Waals surface area contributed by atoms with Crippen molar-refractivity contribution in [2.45, 2.75) is 38.5 Å². The Kier molecular flexibility index (Phi) is 13.6. The Morgan fingerprint density at radius 3 is 1.16 bits per heavy atom. The smallest absolute Gasteiger partial charge is 0.194 e. The van der Waals surface area contributed by atoms with E-state index in [1.807, 2.05) is 24.3 Å². The third-order valence-corrected chi connectivity index (χ3v) is 13.2. The highest BCUT2D eigenvalue weighted by molar-refractivity contribution is 6.18. The van der Waals surface area contributed by atoms with Crippen LogP contribution >= 0.6 is 0 Å². The first-order chi connectivity index (χ1) is 34.3. The normalized spacial score (nSPS) is 14.4. The molecule has 0 aliphatic carbocycles. The van der Waals surface area contributed by atoms with Crippen molar-refractivity contribution in [2.24, 2.45) is 0 Å². The highest BCUT2D eigenvalue weighted by Gasteiger charge is 2.31. The lowest BCUT2D eigenvalue weighted by atomic mass is 9.86. The number of ether oxygens (including phenoxy) is 2. The Labute approximate surface area is 405 Å². The van der Waals surface area contributed by atoms with E-state index in [2.05, 4.69) is 20.1 Å². The monoisotopic (exact) mass is 938 g/mol. The largest absolute Gasteiger partial charge is 0.508 e. The van der Waals surface area contributed by atoms with Gasteiger partial charge in [0, 0.05) is 57.6 Å². The molecule has 0 amide bonds. The van der Waals surface area contributed by atoms with Crippen LogP contribution in [0.5, 0.6) is 34.5 Å². The molecule has 70 heavy (non-hydrogen) atoms. The van der Waals surface area contributed by atoms with Crippen molar-refractivity contribution in [3.05, 3.63) is 145 Å². The first-order valence-electron chi connectivity index (χ1n) is 24.0.